The predicted octanol–water partition coefficient (Wildman–Crippen LogP) is 2.41. The van der Waals surface area contributed by atoms with Gasteiger partial charge in [-0.1, -0.05) is 17.9 Å². The molecule has 0 spiro atoms. The number of nitrogens with two attached hydrogens (primary N) is 1. The molecule has 0 saturated carbocycles. The SMILES string of the molecule is COCCCSCc1ccc(F)cc1C#CCN. The Morgan fingerprint density at radius 3 is 3.00 bits per heavy atom. The van der Waals surface area contributed by atoms with Gasteiger partial charge in [-0.05, 0) is 29.9 Å². The summed E-state index contributed by atoms with van der Waals surface area (Å²) in [4.78, 5) is 0. The highest BCUT2D eigenvalue weighted by atomic mass is 32.2. The van der Waals surface area contributed by atoms with Crippen molar-refractivity contribution >= 4 is 11.8 Å². The molecule has 0 aliphatic rings. The monoisotopic (exact) mass is 267 g/mol. The lowest BCUT2D eigenvalue weighted by Gasteiger charge is -2.05. The Kier molecular flexibility index (Phi) is 7.51. The normalized spacial score (nSPS) is 9.94. The molecule has 98 valence electrons. The summed E-state index contributed by atoms with van der Waals surface area (Å²) in [7, 11) is 1.70. The van der Waals surface area contributed by atoms with Gasteiger partial charge in [0.05, 0.1) is 6.54 Å². The highest BCUT2D eigenvalue weighted by Crippen LogP contribution is 2.18. The Labute approximate surface area is 112 Å². The topological polar surface area (TPSA) is 35.2 Å². The molecular weight excluding hydrogens is 249 g/mol. The highest BCUT2D eigenvalue weighted by molar-refractivity contribution is 7.98. The van der Waals surface area contributed by atoms with Gasteiger partial charge in [0.1, 0.15) is 5.82 Å². The summed E-state index contributed by atoms with van der Waals surface area (Å²) in [6, 6.07) is 4.73. The van der Waals surface area contributed by atoms with Crippen molar-refractivity contribution in [1.29, 1.82) is 0 Å². The molecule has 1 rings (SSSR count). The van der Waals surface area contributed by atoms with Gasteiger partial charge in [-0.25, -0.2) is 4.39 Å². The smallest absolute Gasteiger partial charge is 0.124 e. The number of thioether (sulfide) groups is 1. The number of hydrogen-bond donors (Lipinski definition) is 1. The van der Waals surface area contributed by atoms with Gasteiger partial charge in [0, 0.05) is 25.0 Å². The molecule has 0 radical (unpaired) electrons. The van der Waals surface area contributed by atoms with Gasteiger partial charge in [-0.3, -0.25) is 0 Å². The maximum atomic E-state index is 13.1. The van der Waals surface area contributed by atoms with Crippen LogP contribution in [0.3, 0.4) is 0 Å². The summed E-state index contributed by atoms with van der Waals surface area (Å²) in [6.45, 7) is 1.06. The molecule has 2 N–H and O–H groups in total. The number of halogens is 1. The molecule has 4 heteroatoms. The minimum Gasteiger partial charge on any atom is -0.385 e. The molecule has 0 aliphatic carbocycles. The van der Waals surface area contributed by atoms with Crippen molar-refractivity contribution in [3.8, 4) is 11.8 Å². The van der Waals surface area contributed by atoms with Crippen LogP contribution in [-0.2, 0) is 10.5 Å². The first kappa shape index (κ1) is 15.0. The zero-order valence-electron chi connectivity index (χ0n) is 10.5. The highest BCUT2D eigenvalue weighted by Gasteiger charge is 2.02. The number of hydrogen-bond acceptors (Lipinski definition) is 3. The summed E-state index contributed by atoms with van der Waals surface area (Å²) in [5.41, 5.74) is 7.12. The zero-order valence-corrected chi connectivity index (χ0v) is 11.4. The average molecular weight is 267 g/mol. The number of benzene rings is 1. The van der Waals surface area contributed by atoms with Crippen molar-refractivity contribution in [3.63, 3.8) is 0 Å². The van der Waals surface area contributed by atoms with Crippen LogP contribution in [0.5, 0.6) is 0 Å². The second kappa shape index (κ2) is 8.98. The quantitative estimate of drug-likeness (QED) is 0.635. The minimum absolute atomic E-state index is 0.260. The summed E-state index contributed by atoms with van der Waals surface area (Å²) in [5, 5.41) is 0. The van der Waals surface area contributed by atoms with Gasteiger partial charge < -0.3 is 10.5 Å². The Morgan fingerprint density at radius 1 is 1.44 bits per heavy atom. The molecular formula is C14H18FNOS. The third-order valence-electron chi connectivity index (χ3n) is 2.29. The summed E-state index contributed by atoms with van der Waals surface area (Å²) >= 11 is 1.80. The fraction of sp³-hybridized carbons (Fsp3) is 0.429. The molecule has 0 saturated heterocycles. The van der Waals surface area contributed by atoms with Crippen molar-refractivity contribution < 1.29 is 9.13 Å². The van der Waals surface area contributed by atoms with Crippen molar-refractivity contribution in [3.05, 3.63) is 35.1 Å². The first-order valence-corrected chi connectivity index (χ1v) is 6.97. The average Bonchev–Trinajstić information content (AvgIpc) is 2.38. The van der Waals surface area contributed by atoms with Crippen LogP contribution in [0, 0.1) is 17.7 Å². The maximum Gasteiger partial charge on any atom is 0.124 e. The van der Waals surface area contributed by atoms with Crippen LogP contribution in [0.1, 0.15) is 17.5 Å². The molecule has 18 heavy (non-hydrogen) atoms. The van der Waals surface area contributed by atoms with Gasteiger partial charge in [0.15, 0.2) is 0 Å². The van der Waals surface area contributed by atoms with Gasteiger partial charge in [-0.15, -0.1) is 0 Å². The van der Waals surface area contributed by atoms with E-state index in [-0.39, 0.29) is 12.4 Å². The van der Waals surface area contributed by atoms with E-state index >= 15 is 0 Å². The van der Waals surface area contributed by atoms with Gasteiger partial charge >= 0.3 is 0 Å². The second-order valence-electron chi connectivity index (χ2n) is 3.71. The maximum absolute atomic E-state index is 13.1. The molecule has 0 unspecified atom stereocenters. The minimum atomic E-state index is -0.260. The van der Waals surface area contributed by atoms with Crippen LogP contribution >= 0.6 is 11.8 Å². The standard InChI is InChI=1S/C14H18FNOS/c1-17-8-3-9-18-11-13-5-6-14(15)10-12(13)4-2-7-16/h5-6,10H,3,7-9,11,16H2,1H3. The van der Waals surface area contributed by atoms with Crippen LogP contribution in [0.25, 0.3) is 0 Å². The largest absolute Gasteiger partial charge is 0.385 e. The lowest BCUT2D eigenvalue weighted by molar-refractivity contribution is 0.200. The third-order valence-corrected chi connectivity index (χ3v) is 3.38. The molecule has 0 aromatic heterocycles. The van der Waals surface area contributed by atoms with E-state index in [0.717, 1.165) is 35.7 Å². The Balaban J connectivity index is 2.58. The van der Waals surface area contributed by atoms with Crippen LogP contribution in [0.2, 0.25) is 0 Å². The zero-order chi connectivity index (χ0) is 13.2. The molecule has 0 fully saturated rings. The first-order chi connectivity index (χ1) is 8.77. The van der Waals surface area contributed by atoms with Gasteiger partial charge in [-0.2, -0.15) is 11.8 Å². The number of rotatable bonds is 6. The lowest BCUT2D eigenvalue weighted by atomic mass is 10.1. The Hall–Kier alpha value is -1.02. The number of methoxy groups -OCH3 is 1. The molecule has 1 aromatic carbocycles. The van der Waals surface area contributed by atoms with Crippen LogP contribution in [0.4, 0.5) is 4.39 Å². The van der Waals surface area contributed by atoms with Gasteiger partial charge in [0.2, 0.25) is 0 Å². The molecule has 0 bridgehead atoms. The molecule has 0 aliphatic heterocycles. The molecule has 0 heterocycles. The third kappa shape index (κ3) is 5.54. The van der Waals surface area contributed by atoms with E-state index < -0.39 is 0 Å². The van der Waals surface area contributed by atoms with E-state index in [9.17, 15) is 4.39 Å². The van der Waals surface area contributed by atoms with E-state index in [1.54, 1.807) is 24.9 Å². The van der Waals surface area contributed by atoms with Crippen molar-refractivity contribution in [2.24, 2.45) is 5.73 Å². The van der Waals surface area contributed by atoms with Crippen molar-refractivity contribution in [2.45, 2.75) is 12.2 Å². The molecule has 0 atom stereocenters. The van der Waals surface area contributed by atoms with E-state index in [2.05, 4.69) is 11.8 Å². The van der Waals surface area contributed by atoms with E-state index in [0.29, 0.717) is 0 Å². The van der Waals surface area contributed by atoms with E-state index in [1.807, 2.05) is 0 Å². The fourth-order valence-electron chi connectivity index (χ4n) is 1.42. The van der Waals surface area contributed by atoms with E-state index in [4.69, 9.17) is 10.5 Å². The summed E-state index contributed by atoms with van der Waals surface area (Å²) in [5.74, 6) is 7.27. The summed E-state index contributed by atoms with van der Waals surface area (Å²) in [6.07, 6.45) is 1.02. The van der Waals surface area contributed by atoms with Crippen LogP contribution in [-0.4, -0.2) is 26.0 Å². The van der Waals surface area contributed by atoms with Gasteiger partial charge in [0.25, 0.3) is 0 Å². The molecule has 0 amide bonds. The van der Waals surface area contributed by atoms with Crippen LogP contribution < -0.4 is 5.73 Å². The first-order valence-electron chi connectivity index (χ1n) is 5.82. The fourth-order valence-corrected chi connectivity index (χ4v) is 2.36. The van der Waals surface area contributed by atoms with Crippen molar-refractivity contribution in [2.75, 3.05) is 26.0 Å². The van der Waals surface area contributed by atoms with E-state index in [1.165, 1.54) is 12.1 Å². The van der Waals surface area contributed by atoms with Crippen molar-refractivity contribution in [1.82, 2.24) is 0 Å². The Bertz CT molecular complexity index is 426. The summed E-state index contributed by atoms with van der Waals surface area (Å²) < 4.78 is 18.1. The molecule has 1 aromatic rings. The molecule has 2 nitrogen and oxygen atoms in total. The second-order valence-corrected chi connectivity index (χ2v) is 4.81. The van der Waals surface area contributed by atoms with Crippen LogP contribution in [0.15, 0.2) is 18.2 Å². The Morgan fingerprint density at radius 2 is 2.28 bits per heavy atom. The lowest BCUT2D eigenvalue weighted by Crippen LogP contribution is -1.95. The number of ether oxygens (including phenoxy) is 1. The predicted molar refractivity (Wildman–Crippen MR) is 75.0 cm³/mol.